The molecule has 0 spiro atoms. The van der Waals surface area contributed by atoms with Gasteiger partial charge in [-0.2, -0.15) is 9.78 Å². The van der Waals surface area contributed by atoms with Crippen LogP contribution in [0.4, 0.5) is 5.69 Å². The van der Waals surface area contributed by atoms with Gasteiger partial charge in [0.25, 0.3) is 11.2 Å². The molecule has 2 aromatic carbocycles. The lowest BCUT2D eigenvalue weighted by molar-refractivity contribution is -0.398. The van der Waals surface area contributed by atoms with E-state index in [-0.39, 0.29) is 11.1 Å². The van der Waals surface area contributed by atoms with Crippen molar-refractivity contribution < 1.29 is 10.0 Å². The summed E-state index contributed by atoms with van der Waals surface area (Å²) in [5, 5.41) is 29.3. The van der Waals surface area contributed by atoms with Gasteiger partial charge < -0.3 is 5.11 Å². The molecule has 138 valence electrons. The van der Waals surface area contributed by atoms with Gasteiger partial charge in [0.15, 0.2) is 0 Å². The molecule has 0 N–H and O–H groups in total. The van der Waals surface area contributed by atoms with E-state index in [4.69, 9.17) is 0 Å². The van der Waals surface area contributed by atoms with Gasteiger partial charge in [0.05, 0.1) is 16.5 Å². The lowest BCUT2D eigenvalue weighted by Crippen LogP contribution is -2.17. The van der Waals surface area contributed by atoms with Crippen LogP contribution in [-0.4, -0.2) is 20.8 Å². The Morgan fingerprint density at radius 3 is 2.68 bits per heavy atom. The van der Waals surface area contributed by atoms with Gasteiger partial charge >= 0.3 is 0 Å². The van der Waals surface area contributed by atoms with Gasteiger partial charge in [-0.25, -0.2) is 4.98 Å². The van der Waals surface area contributed by atoms with E-state index in [0.717, 1.165) is 28.1 Å². The number of benzene rings is 2. The summed E-state index contributed by atoms with van der Waals surface area (Å²) in [7, 11) is 0. The molecule has 2 aromatic heterocycles. The van der Waals surface area contributed by atoms with Crippen LogP contribution >= 0.6 is 11.3 Å². The summed E-state index contributed by atoms with van der Waals surface area (Å²) in [4.78, 5) is 27.9. The highest BCUT2D eigenvalue weighted by Gasteiger charge is 2.13. The number of nitro benzene ring substituents is 1. The molecule has 0 fully saturated rings. The smallest absolute Gasteiger partial charge is 0.283 e. The number of thiophene rings is 1. The lowest BCUT2D eigenvalue weighted by atomic mass is 10.1. The zero-order valence-corrected chi connectivity index (χ0v) is 15.0. The largest absolute Gasteiger partial charge is 0.867 e. The fourth-order valence-corrected chi connectivity index (χ4v) is 3.65. The van der Waals surface area contributed by atoms with Crippen LogP contribution in [0.5, 0.6) is 5.75 Å². The summed E-state index contributed by atoms with van der Waals surface area (Å²) in [5.74, 6) is -0.765. The van der Waals surface area contributed by atoms with Crippen LogP contribution in [-0.2, 0) is 0 Å². The number of para-hydroxylation sites is 1. The maximum atomic E-state index is 12.9. The molecular weight excluding hydrogens is 380 g/mol. The van der Waals surface area contributed by atoms with Crippen molar-refractivity contribution in [3.05, 3.63) is 86.3 Å². The van der Waals surface area contributed by atoms with E-state index < -0.39 is 16.4 Å². The minimum Gasteiger partial charge on any atom is -0.867 e. The van der Waals surface area contributed by atoms with Crippen LogP contribution < -0.4 is 10.7 Å². The minimum absolute atomic E-state index is 0.00907. The first-order valence-corrected chi connectivity index (χ1v) is 8.97. The molecule has 0 unspecified atom stereocenters. The van der Waals surface area contributed by atoms with E-state index in [1.54, 1.807) is 0 Å². The minimum atomic E-state index is -0.765. The standard InChI is InChI=1S/C19H12N4O4S/c24-17-13(7-4-8-15(17)23(26)27)9-21-22-11-20-18-16(19(22)25)14(10-28-18)12-5-2-1-3-6-12/h1-11,24H/p-1/b21-9-. The first-order valence-electron chi connectivity index (χ1n) is 8.09. The Labute approximate surface area is 161 Å². The van der Waals surface area contributed by atoms with Gasteiger partial charge in [-0.15, -0.1) is 11.3 Å². The van der Waals surface area contributed by atoms with Crippen LogP contribution in [0.25, 0.3) is 21.3 Å². The molecule has 28 heavy (non-hydrogen) atoms. The maximum absolute atomic E-state index is 12.9. The number of fused-ring (bicyclic) bond motifs is 1. The number of hydrogen-bond donors (Lipinski definition) is 0. The van der Waals surface area contributed by atoms with Crippen LogP contribution in [0.15, 0.2) is 70.1 Å². The van der Waals surface area contributed by atoms with E-state index in [0.29, 0.717) is 10.2 Å². The Balaban J connectivity index is 1.80. The number of nitrogens with zero attached hydrogens (tertiary/aromatic N) is 4. The van der Waals surface area contributed by atoms with Crippen molar-refractivity contribution in [1.29, 1.82) is 0 Å². The molecule has 4 aromatic rings. The number of hydrogen-bond acceptors (Lipinski definition) is 7. The van der Waals surface area contributed by atoms with Crippen molar-refractivity contribution >= 4 is 33.5 Å². The van der Waals surface area contributed by atoms with Crippen molar-refractivity contribution in [2.75, 3.05) is 0 Å². The molecule has 0 radical (unpaired) electrons. The number of nitro groups is 1. The molecule has 0 aliphatic heterocycles. The van der Waals surface area contributed by atoms with Gasteiger partial charge in [0.2, 0.25) is 0 Å². The molecule has 9 heteroatoms. The highest BCUT2D eigenvalue weighted by molar-refractivity contribution is 7.17. The summed E-state index contributed by atoms with van der Waals surface area (Å²) in [6.45, 7) is 0. The summed E-state index contributed by atoms with van der Waals surface area (Å²) < 4.78 is 1.01. The van der Waals surface area contributed by atoms with Crippen molar-refractivity contribution in [2.24, 2.45) is 5.10 Å². The van der Waals surface area contributed by atoms with Gasteiger partial charge in [0, 0.05) is 17.0 Å². The molecule has 0 aliphatic rings. The predicted molar refractivity (Wildman–Crippen MR) is 105 cm³/mol. The third-order valence-corrected chi connectivity index (χ3v) is 4.99. The Morgan fingerprint density at radius 1 is 1.14 bits per heavy atom. The van der Waals surface area contributed by atoms with Gasteiger partial charge in [-0.3, -0.25) is 14.9 Å². The van der Waals surface area contributed by atoms with Gasteiger partial charge in [-0.05, 0) is 16.9 Å². The third-order valence-electron chi connectivity index (χ3n) is 4.11. The van der Waals surface area contributed by atoms with Crippen molar-refractivity contribution in [2.45, 2.75) is 0 Å². The van der Waals surface area contributed by atoms with Crippen LogP contribution in [0.2, 0.25) is 0 Å². The zero-order chi connectivity index (χ0) is 19.7. The Kier molecular flexibility index (Phi) is 4.42. The van der Waals surface area contributed by atoms with E-state index in [1.165, 1.54) is 29.8 Å². The highest BCUT2D eigenvalue weighted by atomic mass is 32.1. The first-order chi connectivity index (χ1) is 13.6. The summed E-state index contributed by atoms with van der Waals surface area (Å²) >= 11 is 1.35. The Morgan fingerprint density at radius 2 is 1.93 bits per heavy atom. The molecule has 0 aliphatic carbocycles. The number of aromatic nitrogens is 2. The molecule has 8 nitrogen and oxygen atoms in total. The second-order valence-electron chi connectivity index (χ2n) is 5.79. The van der Waals surface area contributed by atoms with Crippen molar-refractivity contribution in [1.82, 2.24) is 9.66 Å². The second kappa shape index (κ2) is 7.05. The van der Waals surface area contributed by atoms with Crippen LogP contribution in [0, 0.1) is 10.1 Å². The molecule has 0 atom stereocenters. The highest BCUT2D eigenvalue weighted by Crippen LogP contribution is 2.30. The molecule has 0 amide bonds. The molecule has 2 heterocycles. The Hall–Kier alpha value is -3.85. The molecular formula is C19H11N4O4S-. The third kappa shape index (κ3) is 3.03. The molecule has 0 saturated heterocycles. The fraction of sp³-hybridized carbons (Fsp3) is 0. The summed E-state index contributed by atoms with van der Waals surface area (Å²) in [6, 6.07) is 13.3. The monoisotopic (exact) mass is 391 g/mol. The molecule has 4 rings (SSSR count). The average molecular weight is 391 g/mol. The van der Waals surface area contributed by atoms with E-state index in [9.17, 15) is 20.0 Å². The maximum Gasteiger partial charge on any atom is 0.283 e. The average Bonchev–Trinajstić information content (AvgIpc) is 3.14. The quantitative estimate of drug-likeness (QED) is 0.301. The van der Waals surface area contributed by atoms with E-state index in [1.807, 2.05) is 35.7 Å². The van der Waals surface area contributed by atoms with Crippen LogP contribution in [0.1, 0.15) is 5.56 Å². The Bertz CT molecular complexity index is 1280. The SMILES string of the molecule is O=c1c2c(-c3ccccc3)csc2ncn1/N=C\c1cccc([N+](=O)[O-])c1[O-]. The zero-order valence-electron chi connectivity index (χ0n) is 14.2. The summed E-state index contributed by atoms with van der Waals surface area (Å²) in [5.41, 5.74) is 0.709. The second-order valence-corrected chi connectivity index (χ2v) is 6.65. The predicted octanol–water partition coefficient (Wildman–Crippen LogP) is 2.99. The normalized spacial score (nSPS) is 11.3. The van der Waals surface area contributed by atoms with Crippen LogP contribution in [0.3, 0.4) is 0 Å². The lowest BCUT2D eigenvalue weighted by Gasteiger charge is -2.09. The van der Waals surface area contributed by atoms with E-state index >= 15 is 0 Å². The number of rotatable bonds is 4. The molecule has 0 saturated carbocycles. The topological polar surface area (TPSA) is 113 Å². The van der Waals surface area contributed by atoms with Gasteiger partial charge in [-0.1, -0.05) is 42.5 Å². The van der Waals surface area contributed by atoms with Crippen molar-refractivity contribution in [3.8, 4) is 16.9 Å². The summed E-state index contributed by atoms with van der Waals surface area (Å²) in [6.07, 6.45) is 2.38. The van der Waals surface area contributed by atoms with E-state index in [2.05, 4.69) is 10.1 Å². The fourth-order valence-electron chi connectivity index (χ4n) is 2.75. The first kappa shape index (κ1) is 17.6. The van der Waals surface area contributed by atoms with Gasteiger partial charge in [0.1, 0.15) is 11.2 Å². The van der Waals surface area contributed by atoms with Crippen molar-refractivity contribution in [3.63, 3.8) is 0 Å². The molecule has 0 bridgehead atoms.